The van der Waals surface area contributed by atoms with Crippen LogP contribution in [-0.4, -0.2) is 35.2 Å². The Bertz CT molecular complexity index is 525. The molecule has 122 valence electrons. The number of carbonyl (C=O) groups is 3. The number of ether oxygens (including phenoxy) is 1. The number of rotatable bonds is 9. The van der Waals surface area contributed by atoms with E-state index in [9.17, 15) is 19.5 Å². The number of carboxylic acid groups (broad SMARTS) is 2. The Morgan fingerprint density at radius 2 is 1.77 bits per heavy atom. The van der Waals surface area contributed by atoms with Crippen molar-refractivity contribution in [2.45, 2.75) is 39.5 Å². The molecular weight excluding hydrogens is 288 g/mol. The summed E-state index contributed by atoms with van der Waals surface area (Å²) in [6.45, 7) is 6.86. The van der Waals surface area contributed by atoms with Gasteiger partial charge in [0.1, 0.15) is 0 Å². The minimum Gasteiger partial charge on any atom is -0.478 e. The molecule has 0 heterocycles. The molecule has 0 saturated heterocycles. The molecule has 2 N–H and O–H groups in total. The van der Waals surface area contributed by atoms with Crippen LogP contribution in [0.25, 0.3) is 0 Å². The molecule has 6 nitrogen and oxygen atoms in total. The van der Waals surface area contributed by atoms with Crippen LogP contribution in [0.1, 0.15) is 39.5 Å². The van der Waals surface area contributed by atoms with Gasteiger partial charge < -0.3 is 14.9 Å². The maximum atomic E-state index is 11.4. The van der Waals surface area contributed by atoms with Gasteiger partial charge in [-0.05, 0) is 25.8 Å². The first kappa shape index (κ1) is 19.6. The van der Waals surface area contributed by atoms with Crippen LogP contribution < -0.4 is 0 Å². The third kappa shape index (κ3) is 6.39. The second kappa shape index (κ2) is 9.55. The number of hydrogen-bond donors (Lipinski definition) is 2. The molecule has 0 amide bonds. The highest BCUT2D eigenvalue weighted by Gasteiger charge is 2.17. The van der Waals surface area contributed by atoms with Gasteiger partial charge in [-0.25, -0.2) is 14.4 Å². The molecule has 22 heavy (non-hydrogen) atoms. The molecule has 0 spiro atoms. The molecule has 0 saturated carbocycles. The van der Waals surface area contributed by atoms with E-state index >= 15 is 0 Å². The van der Waals surface area contributed by atoms with Gasteiger partial charge in [-0.1, -0.05) is 25.5 Å². The molecule has 0 aromatic heterocycles. The van der Waals surface area contributed by atoms with Crippen molar-refractivity contribution in [2.24, 2.45) is 0 Å². The first-order chi connectivity index (χ1) is 10.2. The molecule has 0 aliphatic rings. The van der Waals surface area contributed by atoms with Crippen LogP contribution in [0.5, 0.6) is 0 Å². The van der Waals surface area contributed by atoms with Crippen molar-refractivity contribution >= 4 is 17.9 Å². The third-order valence-electron chi connectivity index (χ3n) is 3.04. The Morgan fingerprint density at radius 1 is 1.18 bits per heavy atom. The summed E-state index contributed by atoms with van der Waals surface area (Å²) >= 11 is 0. The second-order valence-corrected chi connectivity index (χ2v) is 4.83. The molecule has 0 aromatic carbocycles. The number of methoxy groups -OCH3 is 1. The number of aliphatic carboxylic acids is 2. The van der Waals surface area contributed by atoms with Crippen LogP contribution in [0.2, 0.25) is 0 Å². The summed E-state index contributed by atoms with van der Waals surface area (Å²) in [6, 6.07) is 0. The topological polar surface area (TPSA) is 101 Å². The lowest BCUT2D eigenvalue weighted by Crippen LogP contribution is -2.10. The van der Waals surface area contributed by atoms with Crippen molar-refractivity contribution in [3.8, 4) is 0 Å². The van der Waals surface area contributed by atoms with Gasteiger partial charge in [0, 0.05) is 17.6 Å². The summed E-state index contributed by atoms with van der Waals surface area (Å²) in [7, 11) is 1.22. The SMILES string of the molecule is C=C(CC(CCCC)=C(C=C(C)C(=O)O)C(=O)O)C(=O)OC. The van der Waals surface area contributed by atoms with Crippen molar-refractivity contribution < 1.29 is 29.3 Å². The molecular formula is C16H22O6. The number of unbranched alkanes of at least 4 members (excludes halogenated alkanes) is 1. The van der Waals surface area contributed by atoms with Crippen LogP contribution in [0.15, 0.2) is 34.9 Å². The zero-order chi connectivity index (χ0) is 17.3. The molecule has 0 atom stereocenters. The van der Waals surface area contributed by atoms with Gasteiger partial charge in [0.15, 0.2) is 0 Å². The third-order valence-corrected chi connectivity index (χ3v) is 3.04. The molecule has 0 aliphatic carbocycles. The van der Waals surface area contributed by atoms with Gasteiger partial charge in [-0.2, -0.15) is 0 Å². The number of esters is 1. The summed E-state index contributed by atoms with van der Waals surface area (Å²) in [5, 5.41) is 18.2. The van der Waals surface area contributed by atoms with Crippen molar-refractivity contribution in [1.82, 2.24) is 0 Å². The Hall–Kier alpha value is -2.37. The maximum Gasteiger partial charge on any atom is 0.335 e. The lowest BCUT2D eigenvalue weighted by molar-refractivity contribution is -0.136. The van der Waals surface area contributed by atoms with Gasteiger partial charge in [0.25, 0.3) is 0 Å². The Kier molecular flexibility index (Phi) is 8.52. The van der Waals surface area contributed by atoms with Gasteiger partial charge in [0.05, 0.1) is 12.7 Å². The number of hydrogen-bond acceptors (Lipinski definition) is 4. The van der Waals surface area contributed by atoms with E-state index in [0.717, 1.165) is 18.9 Å². The maximum absolute atomic E-state index is 11.4. The van der Waals surface area contributed by atoms with Crippen LogP contribution in [0.4, 0.5) is 0 Å². The normalized spacial score (nSPS) is 12.4. The van der Waals surface area contributed by atoms with Gasteiger partial charge in [-0.3, -0.25) is 0 Å². The first-order valence-electron chi connectivity index (χ1n) is 6.87. The van der Waals surface area contributed by atoms with E-state index in [1.165, 1.54) is 14.0 Å². The van der Waals surface area contributed by atoms with Crippen LogP contribution >= 0.6 is 0 Å². The zero-order valence-corrected chi connectivity index (χ0v) is 13.1. The molecule has 0 radical (unpaired) electrons. The van der Waals surface area contributed by atoms with E-state index in [-0.39, 0.29) is 23.1 Å². The average Bonchev–Trinajstić information content (AvgIpc) is 2.47. The van der Waals surface area contributed by atoms with E-state index in [2.05, 4.69) is 11.3 Å². The van der Waals surface area contributed by atoms with E-state index in [0.29, 0.717) is 12.0 Å². The van der Waals surface area contributed by atoms with Crippen molar-refractivity contribution in [2.75, 3.05) is 7.11 Å². The van der Waals surface area contributed by atoms with Crippen LogP contribution in [0.3, 0.4) is 0 Å². The molecule has 0 aromatic rings. The predicted octanol–water partition coefficient (Wildman–Crippen LogP) is 2.71. The van der Waals surface area contributed by atoms with Gasteiger partial charge in [0.2, 0.25) is 0 Å². The van der Waals surface area contributed by atoms with Gasteiger partial charge >= 0.3 is 17.9 Å². The zero-order valence-electron chi connectivity index (χ0n) is 13.1. The Balaban J connectivity index is 5.75. The van der Waals surface area contributed by atoms with Crippen molar-refractivity contribution in [3.63, 3.8) is 0 Å². The fraction of sp³-hybridized carbons (Fsp3) is 0.438. The van der Waals surface area contributed by atoms with E-state index in [1.807, 2.05) is 6.92 Å². The Labute approximate surface area is 129 Å². The van der Waals surface area contributed by atoms with Crippen molar-refractivity contribution in [3.05, 3.63) is 34.9 Å². The monoisotopic (exact) mass is 310 g/mol. The highest BCUT2D eigenvalue weighted by molar-refractivity contribution is 5.96. The number of allylic oxidation sites excluding steroid dienone is 1. The summed E-state index contributed by atoms with van der Waals surface area (Å²) < 4.78 is 4.56. The lowest BCUT2D eigenvalue weighted by Gasteiger charge is -2.11. The van der Waals surface area contributed by atoms with E-state index in [1.54, 1.807) is 0 Å². The molecule has 0 bridgehead atoms. The van der Waals surface area contributed by atoms with Gasteiger partial charge in [-0.15, -0.1) is 0 Å². The number of carboxylic acids is 2. The molecule has 0 rings (SSSR count). The quantitative estimate of drug-likeness (QED) is 0.386. The largest absolute Gasteiger partial charge is 0.478 e. The van der Waals surface area contributed by atoms with Crippen molar-refractivity contribution in [1.29, 1.82) is 0 Å². The lowest BCUT2D eigenvalue weighted by atomic mass is 9.94. The summed E-state index contributed by atoms with van der Waals surface area (Å²) in [5.41, 5.74) is 0.396. The fourth-order valence-electron chi connectivity index (χ4n) is 1.78. The average molecular weight is 310 g/mol. The highest BCUT2D eigenvalue weighted by Crippen LogP contribution is 2.23. The molecule has 6 heteroatoms. The van der Waals surface area contributed by atoms with Crippen LogP contribution in [-0.2, 0) is 19.1 Å². The fourth-order valence-corrected chi connectivity index (χ4v) is 1.78. The Morgan fingerprint density at radius 3 is 2.18 bits per heavy atom. The molecule has 0 unspecified atom stereocenters. The summed E-state index contributed by atoms with van der Waals surface area (Å²) in [6.07, 6.45) is 3.15. The second-order valence-electron chi connectivity index (χ2n) is 4.83. The smallest absolute Gasteiger partial charge is 0.335 e. The number of carbonyl (C=O) groups excluding carboxylic acids is 1. The summed E-state index contributed by atoms with van der Waals surface area (Å²) in [5.74, 6) is -3.04. The van der Waals surface area contributed by atoms with E-state index < -0.39 is 17.9 Å². The van der Waals surface area contributed by atoms with Crippen LogP contribution in [0, 0.1) is 0 Å². The minimum absolute atomic E-state index is 0.0394. The molecule has 0 aliphatic heterocycles. The minimum atomic E-state index is -1.23. The standard InChI is InChI=1S/C16H22O6/c1-5-6-7-12(8-11(3)16(21)22-4)13(15(19)20)9-10(2)14(17)18/h9H,3,5-8H2,1-2,4H3,(H,17,18)(H,19,20). The summed E-state index contributed by atoms with van der Waals surface area (Å²) in [4.78, 5) is 33.8. The van der Waals surface area contributed by atoms with E-state index in [4.69, 9.17) is 5.11 Å². The molecule has 0 fully saturated rings. The highest BCUT2D eigenvalue weighted by atomic mass is 16.5. The first-order valence-corrected chi connectivity index (χ1v) is 6.87. The predicted molar refractivity (Wildman–Crippen MR) is 81.4 cm³/mol.